The van der Waals surface area contributed by atoms with Crippen LogP contribution in [0.4, 0.5) is 0 Å². The maximum atomic E-state index is 12.0. The number of cyclic esters (lactones) is 1. The highest BCUT2D eigenvalue weighted by Gasteiger charge is 2.30. The van der Waals surface area contributed by atoms with E-state index in [0.29, 0.717) is 5.56 Å². The van der Waals surface area contributed by atoms with Gasteiger partial charge in [-0.2, -0.15) is 0 Å². The summed E-state index contributed by atoms with van der Waals surface area (Å²) in [5.41, 5.74) is 5.37. The summed E-state index contributed by atoms with van der Waals surface area (Å²) < 4.78 is 5.57. The standard InChI is InChI=1S/C18H14O2/c19-18-16-10-4-3-9-15(16)17(20-18)14-11-5-7-12-6-1-2-8-13(12)14/h1-4,6,8-10H,5,7,11H2/b17-14+. The van der Waals surface area contributed by atoms with Crippen molar-refractivity contribution >= 4 is 17.3 Å². The van der Waals surface area contributed by atoms with Crippen LogP contribution in [-0.4, -0.2) is 5.97 Å². The molecule has 0 bridgehead atoms. The highest BCUT2D eigenvalue weighted by Crippen LogP contribution is 2.40. The first kappa shape index (κ1) is 11.5. The van der Waals surface area contributed by atoms with Gasteiger partial charge in [0.2, 0.25) is 0 Å². The molecular weight excluding hydrogens is 248 g/mol. The number of hydrogen-bond donors (Lipinski definition) is 0. The minimum atomic E-state index is -0.230. The molecule has 0 amide bonds. The van der Waals surface area contributed by atoms with Crippen molar-refractivity contribution in [1.29, 1.82) is 0 Å². The van der Waals surface area contributed by atoms with E-state index in [2.05, 4.69) is 18.2 Å². The molecule has 2 aliphatic rings. The molecule has 1 aliphatic heterocycles. The molecule has 0 saturated carbocycles. The molecule has 2 nitrogen and oxygen atoms in total. The van der Waals surface area contributed by atoms with Gasteiger partial charge in [0.05, 0.1) is 5.56 Å². The zero-order valence-electron chi connectivity index (χ0n) is 11.1. The fourth-order valence-corrected chi connectivity index (χ4v) is 3.14. The van der Waals surface area contributed by atoms with E-state index < -0.39 is 0 Å². The van der Waals surface area contributed by atoms with Gasteiger partial charge < -0.3 is 4.74 Å². The van der Waals surface area contributed by atoms with E-state index in [1.807, 2.05) is 30.3 Å². The van der Waals surface area contributed by atoms with E-state index in [1.54, 1.807) is 0 Å². The second-order valence-electron chi connectivity index (χ2n) is 5.25. The van der Waals surface area contributed by atoms with E-state index in [4.69, 9.17) is 4.74 Å². The Hall–Kier alpha value is -2.35. The van der Waals surface area contributed by atoms with Crippen LogP contribution in [0.3, 0.4) is 0 Å². The summed E-state index contributed by atoms with van der Waals surface area (Å²) >= 11 is 0. The summed E-state index contributed by atoms with van der Waals surface area (Å²) in [6.45, 7) is 0. The van der Waals surface area contributed by atoms with Crippen LogP contribution in [0.5, 0.6) is 0 Å². The Kier molecular flexibility index (Phi) is 2.49. The Bertz CT molecular complexity index is 741. The van der Waals surface area contributed by atoms with E-state index >= 15 is 0 Å². The molecule has 0 saturated heterocycles. The SMILES string of the molecule is O=C1O/C(=C2\CCCc3ccccc32)c2ccccc21. The van der Waals surface area contributed by atoms with Gasteiger partial charge in [0.1, 0.15) is 5.76 Å². The van der Waals surface area contributed by atoms with Crippen molar-refractivity contribution in [2.24, 2.45) is 0 Å². The summed E-state index contributed by atoms with van der Waals surface area (Å²) in [6, 6.07) is 16.1. The predicted molar refractivity (Wildman–Crippen MR) is 78.1 cm³/mol. The molecule has 1 aliphatic carbocycles. The molecule has 2 aromatic carbocycles. The maximum Gasteiger partial charge on any atom is 0.344 e. The fraction of sp³-hybridized carbons (Fsp3) is 0.167. The minimum Gasteiger partial charge on any atom is -0.422 e. The van der Waals surface area contributed by atoms with Crippen molar-refractivity contribution in [3.63, 3.8) is 0 Å². The quantitative estimate of drug-likeness (QED) is 0.669. The molecular formula is C18H14O2. The lowest BCUT2D eigenvalue weighted by Gasteiger charge is -2.20. The van der Waals surface area contributed by atoms with Crippen LogP contribution in [-0.2, 0) is 11.2 Å². The van der Waals surface area contributed by atoms with Crippen molar-refractivity contribution in [3.05, 3.63) is 70.8 Å². The molecule has 1 heterocycles. The molecule has 4 rings (SSSR count). The largest absolute Gasteiger partial charge is 0.422 e. The van der Waals surface area contributed by atoms with Crippen LogP contribution in [0.15, 0.2) is 48.5 Å². The van der Waals surface area contributed by atoms with E-state index in [-0.39, 0.29) is 5.97 Å². The number of carbonyl (C=O) groups is 1. The van der Waals surface area contributed by atoms with Crippen LogP contribution >= 0.6 is 0 Å². The number of hydrogen-bond acceptors (Lipinski definition) is 2. The zero-order valence-corrected chi connectivity index (χ0v) is 11.1. The molecule has 0 spiro atoms. The zero-order chi connectivity index (χ0) is 13.5. The lowest BCUT2D eigenvalue weighted by molar-refractivity contribution is 0.0716. The van der Waals surface area contributed by atoms with Crippen LogP contribution in [0.25, 0.3) is 11.3 Å². The van der Waals surface area contributed by atoms with Gasteiger partial charge in [-0.3, -0.25) is 0 Å². The number of benzene rings is 2. The van der Waals surface area contributed by atoms with Crippen molar-refractivity contribution in [3.8, 4) is 0 Å². The van der Waals surface area contributed by atoms with Crippen molar-refractivity contribution in [1.82, 2.24) is 0 Å². The summed E-state index contributed by atoms with van der Waals surface area (Å²) in [4.78, 5) is 12.0. The maximum absolute atomic E-state index is 12.0. The summed E-state index contributed by atoms with van der Waals surface area (Å²) in [7, 11) is 0. The van der Waals surface area contributed by atoms with Crippen LogP contribution in [0.2, 0.25) is 0 Å². The monoisotopic (exact) mass is 262 g/mol. The van der Waals surface area contributed by atoms with Crippen molar-refractivity contribution < 1.29 is 9.53 Å². The minimum absolute atomic E-state index is 0.230. The third-order valence-corrected chi connectivity index (χ3v) is 4.08. The molecule has 0 unspecified atom stereocenters. The number of carbonyl (C=O) groups excluding carboxylic acids is 1. The number of esters is 1. The lowest BCUT2D eigenvalue weighted by Crippen LogP contribution is -2.04. The number of rotatable bonds is 0. The first-order valence-electron chi connectivity index (χ1n) is 6.97. The Morgan fingerprint density at radius 2 is 1.50 bits per heavy atom. The number of aryl methyl sites for hydroxylation is 1. The Balaban J connectivity index is 1.96. The number of fused-ring (bicyclic) bond motifs is 2. The molecule has 0 aromatic heterocycles. The average molecular weight is 262 g/mol. The molecule has 0 radical (unpaired) electrons. The van der Waals surface area contributed by atoms with E-state index in [0.717, 1.165) is 30.6 Å². The Morgan fingerprint density at radius 1 is 0.800 bits per heavy atom. The number of allylic oxidation sites excluding steroid dienone is 1. The van der Waals surface area contributed by atoms with Gasteiger partial charge in [-0.05, 0) is 36.5 Å². The highest BCUT2D eigenvalue weighted by molar-refractivity contribution is 6.08. The normalized spacial score (nSPS) is 20.3. The molecule has 2 aromatic rings. The van der Waals surface area contributed by atoms with Crippen LogP contribution in [0, 0.1) is 0 Å². The third kappa shape index (κ3) is 1.61. The van der Waals surface area contributed by atoms with Crippen LogP contribution < -0.4 is 0 Å². The highest BCUT2D eigenvalue weighted by atomic mass is 16.5. The summed E-state index contributed by atoms with van der Waals surface area (Å²) in [5, 5.41) is 0. The smallest absolute Gasteiger partial charge is 0.344 e. The first-order chi connectivity index (χ1) is 9.84. The molecule has 0 fully saturated rings. The predicted octanol–water partition coefficient (Wildman–Crippen LogP) is 4.06. The van der Waals surface area contributed by atoms with Gasteiger partial charge in [-0.25, -0.2) is 4.79 Å². The van der Waals surface area contributed by atoms with Crippen LogP contribution in [0.1, 0.15) is 39.9 Å². The Labute approximate surface area is 117 Å². The van der Waals surface area contributed by atoms with E-state index in [1.165, 1.54) is 16.7 Å². The molecule has 0 N–H and O–H groups in total. The topological polar surface area (TPSA) is 26.3 Å². The molecule has 98 valence electrons. The summed E-state index contributed by atoms with van der Waals surface area (Å²) in [5.74, 6) is 0.531. The van der Waals surface area contributed by atoms with Gasteiger partial charge in [0.25, 0.3) is 0 Å². The lowest BCUT2D eigenvalue weighted by atomic mass is 9.85. The van der Waals surface area contributed by atoms with Gasteiger partial charge in [-0.1, -0.05) is 42.5 Å². The van der Waals surface area contributed by atoms with Gasteiger partial charge in [0, 0.05) is 11.1 Å². The fourth-order valence-electron chi connectivity index (χ4n) is 3.14. The van der Waals surface area contributed by atoms with Crippen molar-refractivity contribution in [2.75, 3.05) is 0 Å². The molecule has 20 heavy (non-hydrogen) atoms. The van der Waals surface area contributed by atoms with Gasteiger partial charge in [0.15, 0.2) is 0 Å². The average Bonchev–Trinajstić information content (AvgIpc) is 2.84. The van der Waals surface area contributed by atoms with Gasteiger partial charge in [-0.15, -0.1) is 0 Å². The first-order valence-corrected chi connectivity index (χ1v) is 6.97. The second-order valence-corrected chi connectivity index (χ2v) is 5.25. The third-order valence-electron chi connectivity index (χ3n) is 4.08. The molecule has 2 heteroatoms. The summed E-state index contributed by atoms with van der Waals surface area (Å²) in [6.07, 6.45) is 3.17. The van der Waals surface area contributed by atoms with Crippen molar-refractivity contribution in [2.45, 2.75) is 19.3 Å². The Morgan fingerprint density at radius 3 is 2.35 bits per heavy atom. The molecule has 0 atom stereocenters. The van der Waals surface area contributed by atoms with E-state index in [9.17, 15) is 4.79 Å². The second kappa shape index (κ2) is 4.34. The van der Waals surface area contributed by atoms with Gasteiger partial charge >= 0.3 is 5.97 Å². The number of ether oxygens (including phenoxy) is 1.